The Labute approximate surface area is 134 Å². The molecule has 1 N–H and O–H groups in total. The number of rotatable bonds is 3. The normalized spacial score (nSPS) is 17.1. The molecule has 1 unspecified atom stereocenters. The third kappa shape index (κ3) is 2.99. The zero-order valence-corrected chi connectivity index (χ0v) is 13.0. The third-order valence-corrected chi connectivity index (χ3v) is 3.81. The summed E-state index contributed by atoms with van der Waals surface area (Å²) in [4.78, 5) is 14.4. The molecule has 0 saturated heterocycles. The van der Waals surface area contributed by atoms with Crippen LogP contribution in [0.2, 0.25) is 0 Å². The first-order chi connectivity index (χ1) is 11.0. The smallest absolute Gasteiger partial charge is 0.268 e. The number of benzene rings is 2. The molecule has 0 fully saturated rings. The summed E-state index contributed by atoms with van der Waals surface area (Å²) in [5.74, 6) is 0.0889. The van der Waals surface area contributed by atoms with Crippen LogP contribution in [0.3, 0.4) is 0 Å². The van der Waals surface area contributed by atoms with Gasteiger partial charge in [-0.3, -0.25) is 4.79 Å². The van der Waals surface area contributed by atoms with Gasteiger partial charge in [0, 0.05) is 18.5 Å². The van der Waals surface area contributed by atoms with Crippen molar-refractivity contribution in [1.29, 1.82) is 0 Å². The minimum atomic E-state index is -0.712. The van der Waals surface area contributed by atoms with Gasteiger partial charge in [0.2, 0.25) is 0 Å². The fourth-order valence-corrected chi connectivity index (χ4v) is 2.81. The van der Waals surface area contributed by atoms with Crippen LogP contribution in [-0.4, -0.2) is 23.2 Å². The number of phenolic OH excluding ortho intramolecular Hbond substituents is 1. The van der Waals surface area contributed by atoms with E-state index in [-0.39, 0.29) is 23.5 Å². The quantitative estimate of drug-likeness (QED) is 0.945. The highest BCUT2D eigenvalue weighted by molar-refractivity contribution is 6.00. The van der Waals surface area contributed by atoms with Crippen LogP contribution in [0.4, 0.5) is 10.1 Å². The molecular weight excluding hydrogens is 297 g/mol. The van der Waals surface area contributed by atoms with Crippen LogP contribution in [0.1, 0.15) is 19.4 Å². The molecule has 120 valence electrons. The van der Waals surface area contributed by atoms with E-state index >= 15 is 0 Å². The first-order valence-electron chi connectivity index (χ1n) is 7.53. The van der Waals surface area contributed by atoms with Gasteiger partial charge in [0.25, 0.3) is 5.91 Å². The van der Waals surface area contributed by atoms with E-state index in [4.69, 9.17) is 4.74 Å². The highest BCUT2D eigenvalue weighted by Gasteiger charge is 2.36. The Balaban J connectivity index is 1.95. The molecular formula is C18H18FNO3. The van der Waals surface area contributed by atoms with Gasteiger partial charge < -0.3 is 14.7 Å². The van der Waals surface area contributed by atoms with Crippen molar-refractivity contribution < 1.29 is 19.0 Å². The van der Waals surface area contributed by atoms with Crippen molar-refractivity contribution in [2.75, 3.05) is 4.90 Å². The van der Waals surface area contributed by atoms with Crippen LogP contribution in [-0.2, 0) is 11.2 Å². The monoisotopic (exact) mass is 315 g/mol. The van der Waals surface area contributed by atoms with Crippen molar-refractivity contribution >= 4 is 11.6 Å². The maximum Gasteiger partial charge on any atom is 0.268 e. The van der Waals surface area contributed by atoms with E-state index < -0.39 is 6.10 Å². The molecule has 4 nitrogen and oxygen atoms in total. The van der Waals surface area contributed by atoms with Gasteiger partial charge in [-0.05, 0) is 43.7 Å². The highest BCUT2D eigenvalue weighted by atomic mass is 19.1. The zero-order valence-electron chi connectivity index (χ0n) is 13.0. The van der Waals surface area contributed by atoms with Crippen molar-refractivity contribution in [3.05, 3.63) is 53.8 Å². The Hall–Kier alpha value is -2.56. The average molecular weight is 315 g/mol. The predicted molar refractivity (Wildman–Crippen MR) is 85.2 cm³/mol. The topological polar surface area (TPSA) is 49.8 Å². The first kappa shape index (κ1) is 15.3. The number of amides is 1. The van der Waals surface area contributed by atoms with Crippen molar-refractivity contribution in [2.24, 2.45) is 0 Å². The molecule has 0 radical (unpaired) electrons. The standard InChI is InChI=1S/C18H18FNO3/c1-11(2)20-15-10-14(21)6-7-16(15)23-17(18(20)22)9-12-4-3-5-13(19)8-12/h3-8,10-11,17,21H,9H2,1-2H3. The number of ether oxygens (including phenoxy) is 1. The van der Waals surface area contributed by atoms with Crippen molar-refractivity contribution in [1.82, 2.24) is 0 Å². The van der Waals surface area contributed by atoms with E-state index in [9.17, 15) is 14.3 Å². The van der Waals surface area contributed by atoms with Crippen LogP contribution in [0, 0.1) is 5.82 Å². The first-order valence-corrected chi connectivity index (χ1v) is 7.53. The summed E-state index contributed by atoms with van der Waals surface area (Å²) in [6, 6.07) is 10.8. The highest BCUT2D eigenvalue weighted by Crippen LogP contribution is 2.38. The van der Waals surface area contributed by atoms with E-state index in [0.717, 1.165) is 0 Å². The number of nitrogens with zero attached hydrogens (tertiary/aromatic N) is 1. The van der Waals surface area contributed by atoms with Gasteiger partial charge >= 0.3 is 0 Å². The Morgan fingerprint density at radius 2 is 2.04 bits per heavy atom. The van der Waals surface area contributed by atoms with Crippen LogP contribution in [0.15, 0.2) is 42.5 Å². The lowest BCUT2D eigenvalue weighted by molar-refractivity contribution is -0.126. The van der Waals surface area contributed by atoms with Crippen molar-refractivity contribution in [3.8, 4) is 11.5 Å². The SMILES string of the molecule is CC(C)N1C(=O)C(Cc2cccc(F)c2)Oc2ccc(O)cc21. The van der Waals surface area contributed by atoms with E-state index in [1.807, 2.05) is 13.8 Å². The molecule has 0 spiro atoms. The van der Waals surface area contributed by atoms with Gasteiger partial charge in [0.15, 0.2) is 6.10 Å². The number of phenols is 1. The molecule has 0 saturated carbocycles. The fourth-order valence-electron chi connectivity index (χ4n) is 2.81. The summed E-state index contributed by atoms with van der Waals surface area (Å²) in [6.45, 7) is 3.80. The lowest BCUT2D eigenvalue weighted by Gasteiger charge is -2.37. The molecule has 0 bridgehead atoms. The molecule has 1 heterocycles. The molecule has 5 heteroatoms. The molecule has 3 rings (SSSR count). The van der Waals surface area contributed by atoms with Gasteiger partial charge in [-0.25, -0.2) is 4.39 Å². The molecule has 1 atom stereocenters. The summed E-state index contributed by atoms with van der Waals surface area (Å²) in [5, 5.41) is 9.67. The molecule has 1 aliphatic rings. The largest absolute Gasteiger partial charge is 0.508 e. The van der Waals surface area contributed by atoms with E-state index in [1.54, 1.807) is 23.1 Å². The van der Waals surface area contributed by atoms with Crippen LogP contribution in [0.25, 0.3) is 0 Å². The van der Waals surface area contributed by atoms with E-state index in [1.165, 1.54) is 24.3 Å². The van der Waals surface area contributed by atoms with Gasteiger partial charge in [-0.1, -0.05) is 12.1 Å². The maximum atomic E-state index is 13.3. The molecule has 1 amide bonds. The van der Waals surface area contributed by atoms with Crippen molar-refractivity contribution in [2.45, 2.75) is 32.4 Å². The molecule has 0 aromatic heterocycles. The number of fused-ring (bicyclic) bond motifs is 1. The minimum Gasteiger partial charge on any atom is -0.508 e. The number of carbonyl (C=O) groups is 1. The summed E-state index contributed by atoms with van der Waals surface area (Å²) in [6.07, 6.45) is -0.420. The fraction of sp³-hybridized carbons (Fsp3) is 0.278. The second-order valence-corrected chi connectivity index (χ2v) is 5.89. The number of hydrogen-bond donors (Lipinski definition) is 1. The average Bonchev–Trinajstić information content (AvgIpc) is 2.48. The second-order valence-electron chi connectivity index (χ2n) is 5.89. The predicted octanol–water partition coefficient (Wildman–Crippen LogP) is 3.28. The Morgan fingerprint density at radius 1 is 1.26 bits per heavy atom. The molecule has 2 aromatic carbocycles. The molecule has 2 aromatic rings. The van der Waals surface area contributed by atoms with Crippen LogP contribution in [0.5, 0.6) is 11.5 Å². The van der Waals surface area contributed by atoms with E-state index in [0.29, 0.717) is 23.4 Å². The summed E-state index contributed by atoms with van der Waals surface area (Å²) in [7, 11) is 0. The molecule has 0 aliphatic carbocycles. The van der Waals surface area contributed by atoms with Crippen molar-refractivity contribution in [3.63, 3.8) is 0 Å². The summed E-state index contributed by atoms with van der Waals surface area (Å²) < 4.78 is 19.1. The zero-order chi connectivity index (χ0) is 16.6. The summed E-state index contributed by atoms with van der Waals surface area (Å²) >= 11 is 0. The number of carbonyl (C=O) groups excluding carboxylic acids is 1. The number of anilines is 1. The van der Waals surface area contributed by atoms with Crippen LogP contribution >= 0.6 is 0 Å². The second kappa shape index (κ2) is 5.91. The van der Waals surface area contributed by atoms with Crippen LogP contribution < -0.4 is 9.64 Å². The Bertz CT molecular complexity index is 745. The summed E-state index contributed by atoms with van der Waals surface area (Å²) in [5.41, 5.74) is 1.26. The van der Waals surface area contributed by atoms with Gasteiger partial charge in [-0.15, -0.1) is 0 Å². The number of aromatic hydroxyl groups is 1. The van der Waals surface area contributed by atoms with Gasteiger partial charge in [0.05, 0.1) is 5.69 Å². The lowest BCUT2D eigenvalue weighted by atomic mass is 10.0. The van der Waals surface area contributed by atoms with Gasteiger partial charge in [0.1, 0.15) is 17.3 Å². The Kier molecular flexibility index (Phi) is 3.94. The third-order valence-electron chi connectivity index (χ3n) is 3.81. The molecule has 23 heavy (non-hydrogen) atoms. The van der Waals surface area contributed by atoms with E-state index in [2.05, 4.69) is 0 Å². The Morgan fingerprint density at radius 3 is 2.74 bits per heavy atom. The number of halogens is 1. The maximum absolute atomic E-state index is 13.3. The number of hydrogen-bond acceptors (Lipinski definition) is 3. The molecule has 1 aliphatic heterocycles. The minimum absolute atomic E-state index is 0.0781. The van der Waals surface area contributed by atoms with Gasteiger partial charge in [-0.2, -0.15) is 0 Å². The lowest BCUT2D eigenvalue weighted by Crippen LogP contribution is -2.49.